The van der Waals surface area contributed by atoms with Gasteiger partial charge in [0.2, 0.25) is 0 Å². The zero-order chi connectivity index (χ0) is 21.1. The molecule has 2 aromatic carbocycles. The van der Waals surface area contributed by atoms with Crippen molar-refractivity contribution in [3.63, 3.8) is 0 Å². The zero-order valence-electron chi connectivity index (χ0n) is 15.8. The summed E-state index contributed by atoms with van der Waals surface area (Å²) >= 11 is 5.97. The number of carboxylic acid groups (broad SMARTS) is 1. The van der Waals surface area contributed by atoms with Gasteiger partial charge in [-0.05, 0) is 31.0 Å². The molecule has 2 N–H and O–H groups in total. The first-order valence-electron chi connectivity index (χ1n) is 9.12. The molecule has 150 valence electrons. The Kier molecular flexibility index (Phi) is 6.03. The smallest absolute Gasteiger partial charge is 0.303 e. The minimum absolute atomic E-state index is 0.0171. The number of hydrogen-bond donors (Lipinski definition) is 2. The summed E-state index contributed by atoms with van der Waals surface area (Å²) in [6, 6.07) is 12.8. The number of amides is 1. The number of carboxylic acids is 1. The van der Waals surface area contributed by atoms with Gasteiger partial charge in [-0.15, -0.1) is 0 Å². The van der Waals surface area contributed by atoms with E-state index < -0.39 is 23.7 Å². The third-order valence-corrected chi connectivity index (χ3v) is 5.09. The van der Waals surface area contributed by atoms with Crippen LogP contribution in [0.25, 0.3) is 5.76 Å². The van der Waals surface area contributed by atoms with E-state index in [0.717, 1.165) is 5.56 Å². The second-order valence-electron chi connectivity index (χ2n) is 6.91. The fraction of sp³-hybridized carbons (Fsp3) is 0.227. The number of benzene rings is 2. The Labute approximate surface area is 173 Å². The third kappa shape index (κ3) is 4.32. The predicted molar refractivity (Wildman–Crippen MR) is 109 cm³/mol. The largest absolute Gasteiger partial charge is 0.507 e. The van der Waals surface area contributed by atoms with E-state index in [1.54, 1.807) is 48.5 Å². The lowest BCUT2D eigenvalue weighted by atomic mass is 9.95. The van der Waals surface area contributed by atoms with Crippen molar-refractivity contribution in [1.29, 1.82) is 0 Å². The van der Waals surface area contributed by atoms with E-state index >= 15 is 0 Å². The maximum atomic E-state index is 12.8. The first kappa shape index (κ1) is 20.6. The van der Waals surface area contributed by atoms with Crippen LogP contribution >= 0.6 is 11.6 Å². The van der Waals surface area contributed by atoms with E-state index in [2.05, 4.69) is 0 Å². The van der Waals surface area contributed by atoms with Crippen LogP contribution in [0.5, 0.6) is 0 Å². The highest BCUT2D eigenvalue weighted by molar-refractivity contribution is 6.46. The number of Topliss-reactive ketones (excluding diaryl/α,β-unsaturated/α-hetero) is 1. The molecule has 1 amide bonds. The van der Waals surface area contributed by atoms with Gasteiger partial charge in [0.1, 0.15) is 5.76 Å². The van der Waals surface area contributed by atoms with Crippen LogP contribution in [0.1, 0.15) is 35.6 Å². The summed E-state index contributed by atoms with van der Waals surface area (Å²) < 4.78 is 0. The molecule has 1 atom stereocenters. The van der Waals surface area contributed by atoms with Crippen LogP contribution in [0.15, 0.2) is 54.1 Å². The van der Waals surface area contributed by atoms with Crippen LogP contribution in [0, 0.1) is 6.92 Å². The number of aliphatic hydroxyl groups is 1. The van der Waals surface area contributed by atoms with Crippen LogP contribution in [-0.4, -0.2) is 39.3 Å². The van der Waals surface area contributed by atoms with E-state index in [1.807, 2.05) is 6.92 Å². The van der Waals surface area contributed by atoms with E-state index in [4.69, 9.17) is 16.7 Å². The SMILES string of the molecule is Cc1ccc(/C(O)=C2\C(=O)C(=O)N(CCCC(=O)O)C2c2ccc(Cl)cc2)cc1. The lowest BCUT2D eigenvalue weighted by molar-refractivity contribution is -0.140. The van der Waals surface area contributed by atoms with Gasteiger partial charge in [-0.1, -0.05) is 53.6 Å². The van der Waals surface area contributed by atoms with Crippen molar-refractivity contribution in [2.45, 2.75) is 25.8 Å². The quantitative estimate of drug-likeness (QED) is 0.425. The molecule has 1 unspecified atom stereocenters. The van der Waals surface area contributed by atoms with Crippen molar-refractivity contribution in [2.24, 2.45) is 0 Å². The molecule has 1 saturated heterocycles. The summed E-state index contributed by atoms with van der Waals surface area (Å²) in [5, 5.41) is 20.3. The van der Waals surface area contributed by atoms with Crippen molar-refractivity contribution in [3.8, 4) is 0 Å². The number of nitrogens with zero attached hydrogens (tertiary/aromatic N) is 1. The van der Waals surface area contributed by atoms with Gasteiger partial charge in [0, 0.05) is 23.6 Å². The number of carbonyl (C=O) groups is 3. The molecule has 1 fully saturated rings. The van der Waals surface area contributed by atoms with Gasteiger partial charge in [-0.3, -0.25) is 14.4 Å². The van der Waals surface area contributed by atoms with Crippen LogP contribution in [0.4, 0.5) is 0 Å². The maximum absolute atomic E-state index is 12.8. The van der Waals surface area contributed by atoms with Gasteiger partial charge in [-0.25, -0.2) is 0 Å². The summed E-state index contributed by atoms with van der Waals surface area (Å²) in [4.78, 5) is 37.7. The zero-order valence-corrected chi connectivity index (χ0v) is 16.5. The van der Waals surface area contributed by atoms with Crippen molar-refractivity contribution >= 4 is 35.0 Å². The number of rotatable bonds is 6. The van der Waals surface area contributed by atoms with E-state index in [1.165, 1.54) is 4.90 Å². The summed E-state index contributed by atoms with van der Waals surface area (Å²) in [6.07, 6.45) is 0.0608. The average molecular weight is 414 g/mol. The molecule has 1 heterocycles. The maximum Gasteiger partial charge on any atom is 0.303 e. The van der Waals surface area contributed by atoms with Crippen LogP contribution in [0.3, 0.4) is 0 Å². The molecule has 1 aliphatic rings. The van der Waals surface area contributed by atoms with Gasteiger partial charge in [-0.2, -0.15) is 0 Å². The van der Waals surface area contributed by atoms with Crippen molar-refractivity contribution < 1.29 is 24.6 Å². The minimum Gasteiger partial charge on any atom is -0.507 e. The molecule has 0 saturated carbocycles. The van der Waals surface area contributed by atoms with Gasteiger partial charge in [0.15, 0.2) is 0 Å². The Balaban J connectivity index is 2.08. The number of hydrogen-bond acceptors (Lipinski definition) is 4. The van der Waals surface area contributed by atoms with Gasteiger partial charge >= 0.3 is 5.97 Å². The Morgan fingerprint density at radius 3 is 2.24 bits per heavy atom. The van der Waals surface area contributed by atoms with E-state index in [-0.39, 0.29) is 30.7 Å². The van der Waals surface area contributed by atoms with E-state index in [0.29, 0.717) is 16.1 Å². The number of carbonyl (C=O) groups excluding carboxylic acids is 2. The number of halogens is 1. The minimum atomic E-state index is -0.982. The normalized spacial score (nSPS) is 18.3. The van der Waals surface area contributed by atoms with Crippen LogP contribution in [-0.2, 0) is 14.4 Å². The highest BCUT2D eigenvalue weighted by Crippen LogP contribution is 2.39. The molecule has 3 rings (SSSR count). The number of ketones is 1. The lowest BCUT2D eigenvalue weighted by Gasteiger charge is -2.25. The second kappa shape index (κ2) is 8.49. The standard InChI is InChI=1S/C22H20ClNO5/c1-13-4-6-15(7-5-13)20(27)18-19(14-8-10-16(23)11-9-14)24(22(29)21(18)28)12-2-3-17(25)26/h4-11,19,27H,2-3,12H2,1H3,(H,25,26)/b20-18+. The first-order valence-corrected chi connectivity index (χ1v) is 9.50. The molecule has 7 heteroatoms. The second-order valence-corrected chi connectivity index (χ2v) is 7.34. The predicted octanol–water partition coefficient (Wildman–Crippen LogP) is 3.93. The molecule has 0 radical (unpaired) electrons. The lowest BCUT2D eigenvalue weighted by Crippen LogP contribution is -2.31. The molecular weight excluding hydrogens is 394 g/mol. The molecule has 1 aliphatic heterocycles. The number of aryl methyl sites for hydroxylation is 1. The topological polar surface area (TPSA) is 94.9 Å². The number of aliphatic hydroxyl groups excluding tert-OH is 1. The van der Waals surface area contributed by atoms with Crippen LogP contribution < -0.4 is 0 Å². The Morgan fingerprint density at radius 2 is 1.66 bits per heavy atom. The molecule has 0 bridgehead atoms. The van der Waals surface area contributed by atoms with Crippen molar-refractivity contribution in [2.75, 3.05) is 6.54 Å². The first-order chi connectivity index (χ1) is 13.8. The number of aliphatic carboxylic acids is 1. The Morgan fingerprint density at radius 1 is 1.03 bits per heavy atom. The van der Waals surface area contributed by atoms with Crippen molar-refractivity contribution in [3.05, 3.63) is 75.8 Å². The van der Waals surface area contributed by atoms with Gasteiger partial charge in [0.05, 0.1) is 11.6 Å². The van der Waals surface area contributed by atoms with Gasteiger partial charge in [0.25, 0.3) is 11.7 Å². The molecule has 29 heavy (non-hydrogen) atoms. The summed E-state index contributed by atoms with van der Waals surface area (Å²) in [7, 11) is 0. The van der Waals surface area contributed by atoms with Crippen molar-refractivity contribution in [1.82, 2.24) is 4.90 Å². The van der Waals surface area contributed by atoms with E-state index in [9.17, 15) is 19.5 Å². The molecule has 0 aliphatic carbocycles. The van der Waals surface area contributed by atoms with Gasteiger partial charge < -0.3 is 15.1 Å². The third-order valence-electron chi connectivity index (χ3n) is 4.84. The van der Waals surface area contributed by atoms with Crippen LogP contribution in [0.2, 0.25) is 5.02 Å². The Hall–Kier alpha value is -3.12. The summed E-state index contributed by atoms with van der Waals surface area (Å²) in [6.45, 7) is 1.98. The molecule has 0 aromatic heterocycles. The summed E-state index contributed by atoms with van der Waals surface area (Å²) in [5.41, 5.74) is 2.01. The fourth-order valence-corrected chi connectivity index (χ4v) is 3.50. The molecule has 2 aromatic rings. The monoisotopic (exact) mass is 413 g/mol. The number of likely N-dealkylation sites (tertiary alicyclic amines) is 1. The molecular formula is C22H20ClNO5. The summed E-state index contributed by atoms with van der Waals surface area (Å²) in [5.74, 6) is -2.80. The molecule has 0 spiro atoms. The Bertz CT molecular complexity index is 979. The molecule has 6 nitrogen and oxygen atoms in total. The fourth-order valence-electron chi connectivity index (χ4n) is 3.37. The average Bonchev–Trinajstić information content (AvgIpc) is 2.93. The highest BCUT2D eigenvalue weighted by atomic mass is 35.5. The highest BCUT2D eigenvalue weighted by Gasteiger charge is 2.45.